The maximum atomic E-state index is 12.4. The molecule has 2 aliphatic rings. The molecule has 11 heteroatoms. The quantitative estimate of drug-likeness (QED) is 0.297. The average Bonchev–Trinajstić information content (AvgIpc) is 2.69. The maximum Gasteiger partial charge on any atom is 0.353 e. The number of para-hydroxylation sites is 1. The molecule has 142 valence electrons. The van der Waals surface area contributed by atoms with Crippen molar-refractivity contribution in [3.63, 3.8) is 0 Å². The first-order valence-electron chi connectivity index (χ1n) is 7.82. The number of carboxylic acid groups (broad SMARTS) is 1. The van der Waals surface area contributed by atoms with E-state index in [1.165, 1.54) is 11.8 Å². The number of alkyl halides is 1. The second-order valence-electron chi connectivity index (χ2n) is 5.67. The van der Waals surface area contributed by atoms with E-state index in [1.807, 2.05) is 6.07 Å². The standard InChI is InChI=1S/C16H15ClN4O5S/c17-6-10(22)18-11-14(24)21-12(16(25)26)9(7-27-15(11)21)13(23)20-19-8-4-2-1-3-5-8/h1-5,11,15,19H,6-7H2,(H,18,22)(H,20,23)(H,25,26)/t11?,15-/m1/s1. The van der Waals surface area contributed by atoms with Crippen molar-refractivity contribution >= 4 is 52.7 Å². The lowest BCUT2D eigenvalue weighted by atomic mass is 10.0. The Morgan fingerprint density at radius 2 is 1.96 bits per heavy atom. The molecule has 27 heavy (non-hydrogen) atoms. The minimum Gasteiger partial charge on any atom is -0.477 e. The van der Waals surface area contributed by atoms with E-state index in [0.717, 1.165) is 4.90 Å². The van der Waals surface area contributed by atoms with Crippen LogP contribution in [0.5, 0.6) is 0 Å². The number of amides is 3. The van der Waals surface area contributed by atoms with E-state index in [0.29, 0.717) is 5.69 Å². The first-order valence-corrected chi connectivity index (χ1v) is 9.40. The minimum absolute atomic E-state index is 0.0392. The highest BCUT2D eigenvalue weighted by Crippen LogP contribution is 2.40. The molecule has 2 heterocycles. The Hall–Kier alpha value is -2.72. The van der Waals surface area contributed by atoms with Gasteiger partial charge in [-0.25, -0.2) is 4.79 Å². The zero-order valence-corrected chi connectivity index (χ0v) is 15.3. The van der Waals surface area contributed by atoms with Crippen molar-refractivity contribution in [1.82, 2.24) is 15.6 Å². The lowest BCUT2D eigenvalue weighted by Gasteiger charge is -2.49. The van der Waals surface area contributed by atoms with Crippen LogP contribution in [0, 0.1) is 0 Å². The van der Waals surface area contributed by atoms with Crippen molar-refractivity contribution in [1.29, 1.82) is 0 Å². The Balaban J connectivity index is 1.76. The first kappa shape index (κ1) is 19.1. The Labute approximate surface area is 163 Å². The molecule has 1 saturated heterocycles. The Bertz CT molecular complexity index is 831. The number of halogens is 1. The molecule has 1 fully saturated rings. The van der Waals surface area contributed by atoms with Crippen LogP contribution in [0.4, 0.5) is 5.69 Å². The van der Waals surface area contributed by atoms with Gasteiger partial charge >= 0.3 is 5.97 Å². The molecule has 3 rings (SSSR count). The van der Waals surface area contributed by atoms with Gasteiger partial charge in [0.15, 0.2) is 0 Å². The summed E-state index contributed by atoms with van der Waals surface area (Å²) in [4.78, 5) is 48.9. The summed E-state index contributed by atoms with van der Waals surface area (Å²) in [5, 5.41) is 11.4. The van der Waals surface area contributed by atoms with Crippen molar-refractivity contribution in [2.24, 2.45) is 0 Å². The average molecular weight is 411 g/mol. The zero-order chi connectivity index (χ0) is 19.6. The molecule has 0 aromatic heterocycles. The zero-order valence-electron chi connectivity index (χ0n) is 13.8. The number of β-lactam (4-membered cyclic amide) rings is 1. The number of anilines is 1. The van der Waals surface area contributed by atoms with Crippen LogP contribution in [0.2, 0.25) is 0 Å². The van der Waals surface area contributed by atoms with Crippen LogP contribution in [0.3, 0.4) is 0 Å². The predicted molar refractivity (Wildman–Crippen MR) is 98.6 cm³/mol. The fraction of sp³-hybridized carbons (Fsp3) is 0.250. The van der Waals surface area contributed by atoms with Gasteiger partial charge in [-0.1, -0.05) is 18.2 Å². The highest BCUT2D eigenvalue weighted by atomic mass is 35.5. The number of thioether (sulfide) groups is 1. The summed E-state index contributed by atoms with van der Waals surface area (Å²) in [7, 11) is 0. The lowest BCUT2D eigenvalue weighted by molar-refractivity contribution is -0.150. The summed E-state index contributed by atoms with van der Waals surface area (Å²) >= 11 is 6.62. The van der Waals surface area contributed by atoms with Crippen molar-refractivity contribution in [2.45, 2.75) is 11.4 Å². The first-order chi connectivity index (χ1) is 12.9. The van der Waals surface area contributed by atoms with E-state index in [4.69, 9.17) is 11.6 Å². The van der Waals surface area contributed by atoms with Gasteiger partial charge in [-0.3, -0.25) is 30.1 Å². The summed E-state index contributed by atoms with van der Waals surface area (Å²) < 4.78 is 0. The molecule has 0 saturated carbocycles. The van der Waals surface area contributed by atoms with Crippen molar-refractivity contribution < 1.29 is 24.3 Å². The van der Waals surface area contributed by atoms with Crippen LogP contribution < -0.4 is 16.2 Å². The van der Waals surface area contributed by atoms with E-state index in [-0.39, 0.29) is 22.9 Å². The Kier molecular flexibility index (Phi) is 5.57. The van der Waals surface area contributed by atoms with Gasteiger partial charge in [-0.05, 0) is 12.1 Å². The van der Waals surface area contributed by atoms with Gasteiger partial charge in [0.2, 0.25) is 5.91 Å². The smallest absolute Gasteiger partial charge is 0.353 e. The van der Waals surface area contributed by atoms with Gasteiger partial charge in [-0.15, -0.1) is 23.4 Å². The minimum atomic E-state index is -1.39. The fourth-order valence-corrected chi connectivity index (χ4v) is 4.15. The van der Waals surface area contributed by atoms with Gasteiger partial charge in [0, 0.05) is 5.75 Å². The van der Waals surface area contributed by atoms with Crippen molar-refractivity contribution in [2.75, 3.05) is 17.1 Å². The number of carbonyl (C=O) groups is 4. The number of nitrogens with one attached hydrogen (secondary N) is 3. The van der Waals surface area contributed by atoms with Gasteiger partial charge in [-0.2, -0.15) is 0 Å². The van der Waals surface area contributed by atoms with Crippen LogP contribution in [-0.2, 0) is 19.2 Å². The second-order valence-corrected chi connectivity index (χ2v) is 7.04. The van der Waals surface area contributed by atoms with Crippen LogP contribution in [0.25, 0.3) is 0 Å². The number of carboxylic acids is 1. The molecule has 2 aliphatic heterocycles. The number of aliphatic carboxylic acids is 1. The largest absolute Gasteiger partial charge is 0.477 e. The number of benzene rings is 1. The topological polar surface area (TPSA) is 128 Å². The van der Waals surface area contributed by atoms with E-state index >= 15 is 0 Å². The Morgan fingerprint density at radius 1 is 1.26 bits per heavy atom. The van der Waals surface area contributed by atoms with E-state index in [2.05, 4.69) is 16.2 Å². The maximum absolute atomic E-state index is 12.4. The SMILES string of the molecule is O=C(CCl)NC1C(=O)N2C(C(=O)O)=C(C(=O)NNc3ccccc3)CS[C@H]12. The second kappa shape index (κ2) is 7.89. The highest BCUT2D eigenvalue weighted by molar-refractivity contribution is 8.00. The van der Waals surface area contributed by atoms with Crippen LogP contribution in [0.1, 0.15) is 0 Å². The third kappa shape index (κ3) is 3.71. The molecule has 1 unspecified atom stereocenters. The third-order valence-corrected chi connectivity index (χ3v) is 5.50. The summed E-state index contributed by atoms with van der Waals surface area (Å²) in [6.07, 6.45) is 0. The molecule has 9 nitrogen and oxygen atoms in total. The molecule has 0 spiro atoms. The van der Waals surface area contributed by atoms with Crippen LogP contribution in [-0.4, -0.2) is 56.7 Å². The molecular formula is C16H15ClN4O5S. The molecule has 0 aliphatic carbocycles. The van der Waals surface area contributed by atoms with E-state index < -0.39 is 35.1 Å². The normalized spacial score (nSPS) is 21.1. The summed E-state index contributed by atoms with van der Waals surface area (Å²) in [5.41, 5.74) is 5.32. The number of carbonyl (C=O) groups excluding carboxylic acids is 3. The van der Waals surface area contributed by atoms with Crippen LogP contribution >= 0.6 is 23.4 Å². The number of hydrogen-bond donors (Lipinski definition) is 4. The summed E-state index contributed by atoms with van der Waals surface area (Å²) in [6.45, 7) is 0. The third-order valence-electron chi connectivity index (χ3n) is 3.98. The number of hydrogen-bond acceptors (Lipinski definition) is 6. The summed E-state index contributed by atoms with van der Waals surface area (Å²) in [5.74, 6) is -3.38. The molecule has 2 atom stereocenters. The predicted octanol–water partition coefficient (Wildman–Crippen LogP) is 0.107. The molecule has 0 radical (unpaired) electrons. The molecule has 1 aromatic carbocycles. The van der Waals surface area contributed by atoms with Crippen LogP contribution in [0.15, 0.2) is 41.6 Å². The fourth-order valence-electron chi connectivity index (χ4n) is 2.73. The van der Waals surface area contributed by atoms with Gasteiger partial charge in [0.25, 0.3) is 11.8 Å². The van der Waals surface area contributed by atoms with Gasteiger partial charge in [0.1, 0.15) is 23.0 Å². The molecule has 3 amide bonds. The monoisotopic (exact) mass is 410 g/mol. The highest BCUT2D eigenvalue weighted by Gasteiger charge is 2.54. The van der Waals surface area contributed by atoms with Gasteiger partial charge in [0.05, 0.1) is 11.3 Å². The molecule has 4 N–H and O–H groups in total. The summed E-state index contributed by atoms with van der Waals surface area (Å²) in [6, 6.07) is 7.94. The number of hydrazine groups is 1. The van der Waals surface area contributed by atoms with E-state index in [1.54, 1.807) is 24.3 Å². The number of fused-ring (bicyclic) bond motifs is 1. The number of nitrogens with zero attached hydrogens (tertiary/aromatic N) is 1. The molecular weight excluding hydrogens is 396 g/mol. The lowest BCUT2D eigenvalue weighted by Crippen LogP contribution is -2.71. The Morgan fingerprint density at radius 3 is 2.59 bits per heavy atom. The van der Waals surface area contributed by atoms with Gasteiger partial charge < -0.3 is 10.4 Å². The van der Waals surface area contributed by atoms with E-state index in [9.17, 15) is 24.3 Å². The van der Waals surface area contributed by atoms with Crippen molar-refractivity contribution in [3.05, 3.63) is 41.6 Å². The molecule has 0 bridgehead atoms. The number of rotatable bonds is 6. The van der Waals surface area contributed by atoms with Crippen molar-refractivity contribution in [3.8, 4) is 0 Å². The molecule has 1 aromatic rings.